The number of hydrogen-bond acceptors (Lipinski definition) is 3. The second kappa shape index (κ2) is 17.9. The zero-order valence-electron chi connectivity index (χ0n) is 19.2. The predicted molar refractivity (Wildman–Crippen MR) is 121 cm³/mol. The van der Waals surface area contributed by atoms with E-state index in [9.17, 15) is 0 Å². The Balaban J connectivity index is 2.31. The van der Waals surface area contributed by atoms with Crippen molar-refractivity contribution < 1.29 is 0 Å². The fourth-order valence-electron chi connectivity index (χ4n) is 4.22. The van der Waals surface area contributed by atoms with Crippen LogP contribution < -0.4 is 0 Å². The molecule has 1 aliphatic heterocycles. The molecule has 0 amide bonds. The summed E-state index contributed by atoms with van der Waals surface area (Å²) in [5.74, 6) is 0. The molecule has 0 aromatic rings. The number of hydrogen-bond donors (Lipinski definition) is 0. The van der Waals surface area contributed by atoms with E-state index in [4.69, 9.17) is 0 Å². The lowest BCUT2D eigenvalue weighted by Crippen LogP contribution is -2.55. The predicted octanol–water partition coefficient (Wildman–Crippen LogP) is 6.69. The standard InChI is InChI=1S/C24H51N3/c1-4-7-10-13-16-19-25-22-26(20-17-14-11-8-5-2)24-27(23-25)21-18-15-12-9-6-3/h4-24H2,1-3H3. The molecule has 1 heterocycles. The van der Waals surface area contributed by atoms with Gasteiger partial charge in [0.2, 0.25) is 0 Å². The van der Waals surface area contributed by atoms with Crippen LogP contribution in [0, 0.1) is 0 Å². The van der Waals surface area contributed by atoms with Crippen molar-refractivity contribution in [2.24, 2.45) is 0 Å². The summed E-state index contributed by atoms with van der Waals surface area (Å²) in [5, 5.41) is 0. The highest BCUT2D eigenvalue weighted by Gasteiger charge is 2.22. The normalized spacial score (nSPS) is 17.0. The molecule has 3 nitrogen and oxygen atoms in total. The fourth-order valence-corrected chi connectivity index (χ4v) is 4.22. The van der Waals surface area contributed by atoms with Gasteiger partial charge in [-0.25, -0.2) is 0 Å². The van der Waals surface area contributed by atoms with Crippen molar-refractivity contribution in [3.8, 4) is 0 Å². The summed E-state index contributed by atoms with van der Waals surface area (Å²) in [7, 11) is 0. The molecule has 0 bridgehead atoms. The third-order valence-electron chi connectivity index (χ3n) is 5.93. The van der Waals surface area contributed by atoms with Gasteiger partial charge in [0.05, 0.1) is 20.0 Å². The maximum atomic E-state index is 2.72. The largest absolute Gasteiger partial charge is 0.277 e. The molecule has 1 rings (SSSR count). The molecule has 0 N–H and O–H groups in total. The Morgan fingerprint density at radius 3 is 0.889 bits per heavy atom. The minimum Gasteiger partial charge on any atom is -0.277 e. The Morgan fingerprint density at radius 1 is 0.370 bits per heavy atom. The van der Waals surface area contributed by atoms with Crippen molar-refractivity contribution >= 4 is 0 Å². The lowest BCUT2D eigenvalue weighted by Gasteiger charge is -2.42. The zero-order valence-corrected chi connectivity index (χ0v) is 19.2. The molecule has 0 aliphatic carbocycles. The molecule has 0 aromatic carbocycles. The Kier molecular flexibility index (Phi) is 16.6. The van der Waals surface area contributed by atoms with Crippen molar-refractivity contribution in [2.75, 3.05) is 39.6 Å². The van der Waals surface area contributed by atoms with Crippen LogP contribution in [-0.4, -0.2) is 54.3 Å². The van der Waals surface area contributed by atoms with Gasteiger partial charge in [0.1, 0.15) is 0 Å². The van der Waals surface area contributed by atoms with Crippen LogP contribution in [0.25, 0.3) is 0 Å². The third kappa shape index (κ3) is 13.7. The summed E-state index contributed by atoms with van der Waals surface area (Å²) in [5.41, 5.74) is 0. The first-order chi connectivity index (χ1) is 13.3. The molecule has 162 valence electrons. The van der Waals surface area contributed by atoms with Gasteiger partial charge in [-0.1, -0.05) is 97.8 Å². The topological polar surface area (TPSA) is 9.72 Å². The number of unbranched alkanes of at least 4 members (excludes halogenated alkanes) is 12. The minimum atomic E-state index is 1.20. The molecule has 0 aromatic heterocycles. The molecule has 0 saturated carbocycles. The average molecular weight is 382 g/mol. The lowest BCUT2D eigenvalue weighted by molar-refractivity contribution is -0.0312. The van der Waals surface area contributed by atoms with Gasteiger partial charge in [-0.05, 0) is 19.3 Å². The van der Waals surface area contributed by atoms with Gasteiger partial charge < -0.3 is 0 Å². The van der Waals surface area contributed by atoms with Crippen molar-refractivity contribution in [2.45, 2.75) is 117 Å². The first-order valence-corrected chi connectivity index (χ1v) is 12.5. The lowest BCUT2D eigenvalue weighted by atomic mass is 10.1. The van der Waals surface area contributed by atoms with Crippen LogP contribution in [0.15, 0.2) is 0 Å². The van der Waals surface area contributed by atoms with Crippen molar-refractivity contribution in [3.05, 3.63) is 0 Å². The number of nitrogens with zero attached hydrogens (tertiary/aromatic N) is 3. The van der Waals surface area contributed by atoms with Gasteiger partial charge in [0.15, 0.2) is 0 Å². The Bertz CT molecular complexity index is 254. The van der Waals surface area contributed by atoms with E-state index in [1.807, 2.05) is 0 Å². The first kappa shape index (κ1) is 24.9. The first-order valence-electron chi connectivity index (χ1n) is 12.5. The maximum Gasteiger partial charge on any atom is 0.0529 e. The Hall–Kier alpha value is -0.120. The molecule has 1 saturated heterocycles. The van der Waals surface area contributed by atoms with Crippen LogP contribution in [-0.2, 0) is 0 Å². The van der Waals surface area contributed by atoms with Crippen molar-refractivity contribution in [1.29, 1.82) is 0 Å². The quantitative estimate of drug-likeness (QED) is 0.245. The van der Waals surface area contributed by atoms with Crippen molar-refractivity contribution in [3.63, 3.8) is 0 Å². The van der Waals surface area contributed by atoms with E-state index in [0.717, 1.165) is 0 Å². The van der Waals surface area contributed by atoms with E-state index in [0.29, 0.717) is 0 Å². The van der Waals surface area contributed by atoms with Gasteiger partial charge in [-0.3, -0.25) is 14.7 Å². The second-order valence-electron chi connectivity index (χ2n) is 8.85. The summed E-state index contributed by atoms with van der Waals surface area (Å²) in [6.45, 7) is 14.4. The average Bonchev–Trinajstić information content (AvgIpc) is 2.67. The summed E-state index contributed by atoms with van der Waals surface area (Å²) in [4.78, 5) is 8.15. The molecule has 0 unspecified atom stereocenters. The Labute approximate surface area is 171 Å². The molecule has 27 heavy (non-hydrogen) atoms. The molecule has 3 heteroatoms. The highest BCUT2D eigenvalue weighted by Crippen LogP contribution is 2.14. The van der Waals surface area contributed by atoms with Crippen LogP contribution in [0.1, 0.15) is 117 Å². The second-order valence-corrected chi connectivity index (χ2v) is 8.85. The molecule has 0 atom stereocenters. The molecule has 0 spiro atoms. The van der Waals surface area contributed by atoms with Gasteiger partial charge in [0, 0.05) is 19.6 Å². The third-order valence-corrected chi connectivity index (χ3v) is 5.93. The Morgan fingerprint density at radius 2 is 0.630 bits per heavy atom. The smallest absolute Gasteiger partial charge is 0.0529 e. The van der Waals surface area contributed by atoms with Crippen molar-refractivity contribution in [1.82, 2.24) is 14.7 Å². The molecular weight excluding hydrogens is 330 g/mol. The minimum absolute atomic E-state index is 1.20. The highest BCUT2D eigenvalue weighted by molar-refractivity contribution is 4.70. The van der Waals surface area contributed by atoms with E-state index >= 15 is 0 Å². The van der Waals surface area contributed by atoms with Crippen LogP contribution >= 0.6 is 0 Å². The van der Waals surface area contributed by atoms with Gasteiger partial charge >= 0.3 is 0 Å². The van der Waals surface area contributed by atoms with Gasteiger partial charge in [0.25, 0.3) is 0 Å². The molecule has 0 radical (unpaired) electrons. The van der Waals surface area contributed by atoms with E-state index in [1.54, 1.807) is 0 Å². The van der Waals surface area contributed by atoms with Crippen LogP contribution in [0.3, 0.4) is 0 Å². The van der Waals surface area contributed by atoms with Crippen LogP contribution in [0.2, 0.25) is 0 Å². The van der Waals surface area contributed by atoms with Crippen LogP contribution in [0.5, 0.6) is 0 Å². The van der Waals surface area contributed by atoms with Crippen LogP contribution in [0.4, 0.5) is 0 Å². The summed E-state index contributed by atoms with van der Waals surface area (Å²) in [6, 6.07) is 0. The summed E-state index contributed by atoms with van der Waals surface area (Å²) in [6.07, 6.45) is 20.9. The molecule has 1 aliphatic rings. The SMILES string of the molecule is CCCCCCCN1CN(CCCCCCC)CN(CCCCCCC)C1. The number of rotatable bonds is 18. The van der Waals surface area contributed by atoms with E-state index in [-0.39, 0.29) is 0 Å². The molecule has 1 fully saturated rings. The molecular formula is C24H51N3. The summed E-state index contributed by atoms with van der Waals surface area (Å²) >= 11 is 0. The monoisotopic (exact) mass is 381 g/mol. The zero-order chi connectivity index (χ0) is 19.6. The fraction of sp³-hybridized carbons (Fsp3) is 1.00. The van der Waals surface area contributed by atoms with E-state index in [2.05, 4.69) is 35.5 Å². The summed E-state index contributed by atoms with van der Waals surface area (Å²) < 4.78 is 0. The maximum absolute atomic E-state index is 2.72. The van der Waals surface area contributed by atoms with Gasteiger partial charge in [-0.2, -0.15) is 0 Å². The van der Waals surface area contributed by atoms with E-state index in [1.165, 1.54) is 136 Å². The highest BCUT2D eigenvalue weighted by atomic mass is 15.5. The van der Waals surface area contributed by atoms with E-state index < -0.39 is 0 Å². The van der Waals surface area contributed by atoms with Gasteiger partial charge in [-0.15, -0.1) is 0 Å².